The fourth-order valence-corrected chi connectivity index (χ4v) is 6.58. The molecule has 0 spiro atoms. The van der Waals surface area contributed by atoms with Gasteiger partial charge >= 0.3 is 11.9 Å². The van der Waals surface area contributed by atoms with Crippen molar-refractivity contribution in [1.29, 1.82) is 0 Å². The van der Waals surface area contributed by atoms with Gasteiger partial charge < -0.3 is 14.8 Å². The maximum absolute atomic E-state index is 13.5. The Balaban J connectivity index is 1.44. The molecule has 0 unspecified atom stereocenters. The first-order valence-corrected chi connectivity index (χ1v) is 14.8. The summed E-state index contributed by atoms with van der Waals surface area (Å²) in [6.45, 7) is 5.50. The van der Waals surface area contributed by atoms with E-state index in [0.717, 1.165) is 33.8 Å². The van der Waals surface area contributed by atoms with Crippen LogP contribution in [0.25, 0.3) is 10.2 Å². The summed E-state index contributed by atoms with van der Waals surface area (Å²) in [6.07, 6.45) is 1.48. The molecule has 0 atom stereocenters. The van der Waals surface area contributed by atoms with Crippen LogP contribution >= 0.6 is 22.7 Å². The van der Waals surface area contributed by atoms with Crippen molar-refractivity contribution in [2.45, 2.75) is 33.9 Å². The van der Waals surface area contributed by atoms with E-state index in [4.69, 9.17) is 9.47 Å². The zero-order valence-corrected chi connectivity index (χ0v) is 24.8. The van der Waals surface area contributed by atoms with Gasteiger partial charge in [0.15, 0.2) is 0 Å². The number of carbonyl (C=O) groups is 3. The molecule has 5 rings (SSSR count). The molecule has 0 fully saturated rings. The van der Waals surface area contributed by atoms with E-state index in [0.29, 0.717) is 27.9 Å². The number of rotatable bonds is 9. The lowest BCUT2D eigenvalue weighted by atomic mass is 10.1. The monoisotopic (exact) mass is 601 g/mol. The minimum absolute atomic E-state index is 0.0588. The Morgan fingerprint density at radius 1 is 0.857 bits per heavy atom. The molecule has 0 saturated carbocycles. The second kappa shape index (κ2) is 12.5. The van der Waals surface area contributed by atoms with Crippen LogP contribution < -0.4 is 10.9 Å². The number of aryl methyl sites for hydroxylation is 1. The Labute approximate surface area is 249 Å². The fraction of sp³-hybridized carbons (Fsp3) is 0.194. The van der Waals surface area contributed by atoms with Gasteiger partial charge in [0.1, 0.15) is 21.3 Å². The van der Waals surface area contributed by atoms with E-state index in [1.807, 2.05) is 60.7 Å². The Bertz CT molecular complexity index is 1840. The second-order valence-electron chi connectivity index (χ2n) is 9.40. The van der Waals surface area contributed by atoms with Crippen LogP contribution in [-0.2, 0) is 22.6 Å². The third-order valence-corrected chi connectivity index (χ3v) is 8.96. The van der Waals surface area contributed by atoms with Gasteiger partial charge in [-0.1, -0.05) is 60.7 Å². The average Bonchev–Trinajstić information content (AvgIpc) is 3.51. The molecule has 3 heterocycles. The van der Waals surface area contributed by atoms with Crippen molar-refractivity contribution in [3.05, 3.63) is 115 Å². The van der Waals surface area contributed by atoms with Crippen LogP contribution in [0.1, 0.15) is 58.9 Å². The molecular formula is C31H27N3O6S2. The fourth-order valence-electron chi connectivity index (χ4n) is 4.46. The summed E-state index contributed by atoms with van der Waals surface area (Å²) in [6, 6.07) is 18.8. The van der Waals surface area contributed by atoms with Crippen LogP contribution in [0.5, 0.6) is 0 Å². The van der Waals surface area contributed by atoms with Crippen molar-refractivity contribution in [3.8, 4) is 0 Å². The van der Waals surface area contributed by atoms with Crippen molar-refractivity contribution in [2.24, 2.45) is 0 Å². The second-order valence-corrected chi connectivity index (χ2v) is 11.4. The molecule has 0 aliphatic heterocycles. The Kier molecular flexibility index (Phi) is 8.60. The van der Waals surface area contributed by atoms with Crippen molar-refractivity contribution < 1.29 is 23.9 Å². The van der Waals surface area contributed by atoms with Crippen LogP contribution in [0.2, 0.25) is 0 Å². The maximum atomic E-state index is 13.5. The van der Waals surface area contributed by atoms with E-state index >= 15 is 0 Å². The maximum Gasteiger partial charge on any atom is 0.349 e. The molecular weight excluding hydrogens is 574 g/mol. The number of hydrogen-bond acceptors (Lipinski definition) is 9. The van der Waals surface area contributed by atoms with Crippen molar-refractivity contribution >= 4 is 55.7 Å². The molecule has 1 amide bonds. The number of nitrogens with zero attached hydrogens (tertiary/aromatic N) is 2. The molecule has 0 radical (unpaired) electrons. The lowest BCUT2D eigenvalue weighted by Gasteiger charge is -2.07. The summed E-state index contributed by atoms with van der Waals surface area (Å²) < 4.78 is 12.2. The number of thiophene rings is 2. The van der Waals surface area contributed by atoms with E-state index in [2.05, 4.69) is 10.3 Å². The molecule has 0 aliphatic rings. The highest BCUT2D eigenvalue weighted by Gasteiger charge is 2.29. The molecule has 3 aromatic heterocycles. The van der Waals surface area contributed by atoms with E-state index in [9.17, 15) is 19.2 Å². The zero-order chi connectivity index (χ0) is 29.8. The van der Waals surface area contributed by atoms with Crippen molar-refractivity contribution in [1.82, 2.24) is 9.55 Å². The lowest BCUT2D eigenvalue weighted by Crippen LogP contribution is -2.21. The van der Waals surface area contributed by atoms with E-state index in [1.165, 1.54) is 10.9 Å². The van der Waals surface area contributed by atoms with E-state index in [1.54, 1.807) is 20.8 Å². The number of esters is 2. The first kappa shape index (κ1) is 28.9. The first-order valence-electron chi connectivity index (χ1n) is 13.1. The number of benzene rings is 2. The summed E-state index contributed by atoms with van der Waals surface area (Å²) in [7, 11) is 0. The SMILES string of the molecule is CCOC(=O)c1c(NC(=O)c2sc3ncn(Cc4ccccc4)c(=O)c3c2C)sc(C(=O)OCc2ccccc2)c1C. The van der Waals surface area contributed by atoms with Gasteiger partial charge in [0.2, 0.25) is 0 Å². The van der Waals surface area contributed by atoms with Gasteiger partial charge in [-0.25, -0.2) is 14.6 Å². The highest BCUT2D eigenvalue weighted by atomic mass is 32.1. The summed E-state index contributed by atoms with van der Waals surface area (Å²) in [5.41, 5.74) is 2.44. The first-order chi connectivity index (χ1) is 20.3. The molecule has 0 aliphatic carbocycles. The third kappa shape index (κ3) is 5.88. The van der Waals surface area contributed by atoms with Gasteiger partial charge in [0, 0.05) is 0 Å². The molecule has 42 heavy (non-hydrogen) atoms. The lowest BCUT2D eigenvalue weighted by molar-refractivity contribution is 0.0477. The highest BCUT2D eigenvalue weighted by molar-refractivity contribution is 7.21. The number of hydrogen-bond donors (Lipinski definition) is 1. The topological polar surface area (TPSA) is 117 Å². The quantitative estimate of drug-likeness (QED) is 0.207. The predicted molar refractivity (Wildman–Crippen MR) is 163 cm³/mol. The Hall–Kier alpha value is -4.61. The summed E-state index contributed by atoms with van der Waals surface area (Å²) in [5.74, 6) is -1.81. The number of carbonyl (C=O) groups excluding carboxylic acids is 3. The van der Waals surface area contributed by atoms with Gasteiger partial charge in [-0.15, -0.1) is 22.7 Å². The number of ether oxygens (including phenoxy) is 2. The molecule has 5 aromatic rings. The van der Waals surface area contributed by atoms with E-state index < -0.39 is 17.8 Å². The summed E-state index contributed by atoms with van der Waals surface area (Å²) in [5, 5.41) is 3.30. The number of nitrogens with one attached hydrogen (secondary N) is 1. The summed E-state index contributed by atoms with van der Waals surface area (Å²) >= 11 is 2.03. The molecule has 1 N–H and O–H groups in total. The minimum atomic E-state index is -0.665. The average molecular weight is 602 g/mol. The molecule has 2 aromatic carbocycles. The third-order valence-electron chi connectivity index (χ3n) is 6.57. The van der Waals surface area contributed by atoms with Crippen LogP contribution in [0.3, 0.4) is 0 Å². The largest absolute Gasteiger partial charge is 0.462 e. The van der Waals surface area contributed by atoms with Crippen molar-refractivity contribution in [2.75, 3.05) is 11.9 Å². The number of aromatic nitrogens is 2. The van der Waals surface area contributed by atoms with E-state index in [-0.39, 0.29) is 39.1 Å². The van der Waals surface area contributed by atoms with Crippen LogP contribution in [0, 0.1) is 13.8 Å². The Morgan fingerprint density at radius 2 is 1.52 bits per heavy atom. The minimum Gasteiger partial charge on any atom is -0.462 e. The molecule has 9 nitrogen and oxygen atoms in total. The smallest absolute Gasteiger partial charge is 0.349 e. The van der Waals surface area contributed by atoms with Gasteiger partial charge in [0.05, 0.1) is 35.3 Å². The highest BCUT2D eigenvalue weighted by Crippen LogP contribution is 2.36. The van der Waals surface area contributed by atoms with Crippen LogP contribution in [-0.4, -0.2) is 34.0 Å². The molecule has 0 saturated heterocycles. The normalized spacial score (nSPS) is 10.9. The van der Waals surface area contributed by atoms with Crippen LogP contribution in [0.4, 0.5) is 5.00 Å². The zero-order valence-electron chi connectivity index (χ0n) is 23.1. The number of fused-ring (bicyclic) bond motifs is 1. The van der Waals surface area contributed by atoms with Gasteiger partial charge in [-0.2, -0.15) is 0 Å². The van der Waals surface area contributed by atoms with Gasteiger partial charge in [-0.3, -0.25) is 14.2 Å². The number of anilines is 1. The number of amides is 1. The van der Waals surface area contributed by atoms with Gasteiger partial charge in [0.25, 0.3) is 11.5 Å². The molecule has 214 valence electrons. The predicted octanol–water partition coefficient (Wildman–Crippen LogP) is 5.97. The Morgan fingerprint density at radius 3 is 2.19 bits per heavy atom. The molecule has 0 bridgehead atoms. The summed E-state index contributed by atoms with van der Waals surface area (Å²) in [4.78, 5) is 58.1. The standard InChI is InChI=1S/C31H27N3O6S2/c1-4-39-30(37)23-19(3)25(31(38)40-16-21-13-9-6-10-14-21)42-28(23)33-26(35)24-18(2)22-27(41-24)32-17-34(29(22)36)15-20-11-7-5-8-12-20/h5-14,17H,4,15-16H2,1-3H3,(H,33,35). The van der Waals surface area contributed by atoms with Crippen LogP contribution in [0.15, 0.2) is 71.8 Å². The van der Waals surface area contributed by atoms with Crippen molar-refractivity contribution in [3.63, 3.8) is 0 Å². The molecule has 11 heteroatoms. The van der Waals surface area contributed by atoms with Gasteiger partial charge in [-0.05, 0) is 43.0 Å².